The first kappa shape index (κ1) is 13.8. The molecule has 102 valence electrons. The fraction of sp³-hybridized carbons (Fsp3) is 0.857. The number of nitrogens with zero attached hydrogens (tertiary/aromatic N) is 2. The van der Waals surface area contributed by atoms with Gasteiger partial charge in [0, 0.05) is 25.3 Å². The van der Waals surface area contributed by atoms with E-state index in [1.807, 2.05) is 0 Å². The molecule has 0 N–H and O–H groups in total. The maximum atomic E-state index is 5.38. The first-order valence-corrected chi connectivity index (χ1v) is 6.79. The predicted molar refractivity (Wildman–Crippen MR) is 71.5 cm³/mol. The molecule has 0 aromatic heterocycles. The largest absolute Gasteiger partial charge is 0.380 e. The second-order valence-corrected chi connectivity index (χ2v) is 5.22. The third kappa shape index (κ3) is 3.96. The van der Waals surface area contributed by atoms with Gasteiger partial charge >= 0.3 is 0 Å². The number of rotatable bonds is 4. The van der Waals surface area contributed by atoms with E-state index >= 15 is 0 Å². The maximum absolute atomic E-state index is 5.38. The number of likely N-dealkylation sites (N-methyl/N-ethyl adjacent to an activating group) is 2. The van der Waals surface area contributed by atoms with Gasteiger partial charge in [0.15, 0.2) is 0 Å². The van der Waals surface area contributed by atoms with Crippen molar-refractivity contribution < 1.29 is 9.47 Å². The first-order chi connectivity index (χ1) is 8.77. The van der Waals surface area contributed by atoms with Crippen molar-refractivity contribution >= 4 is 0 Å². The van der Waals surface area contributed by atoms with Crippen molar-refractivity contribution in [1.82, 2.24) is 9.80 Å². The van der Waals surface area contributed by atoms with Crippen molar-refractivity contribution in [3.63, 3.8) is 0 Å². The Labute approximate surface area is 110 Å². The van der Waals surface area contributed by atoms with Gasteiger partial charge in [0.2, 0.25) is 0 Å². The summed E-state index contributed by atoms with van der Waals surface area (Å²) in [7, 11) is 4.26. The molecule has 2 aliphatic rings. The van der Waals surface area contributed by atoms with E-state index in [1.54, 1.807) is 0 Å². The highest BCUT2D eigenvalue weighted by molar-refractivity contribution is 5.04. The monoisotopic (exact) mass is 252 g/mol. The summed E-state index contributed by atoms with van der Waals surface area (Å²) in [6, 6.07) is 1.11. The van der Waals surface area contributed by atoms with E-state index in [4.69, 9.17) is 9.47 Å². The molecular formula is C14H24N2O2. The van der Waals surface area contributed by atoms with Crippen LogP contribution in [-0.4, -0.2) is 75.5 Å². The highest BCUT2D eigenvalue weighted by Crippen LogP contribution is 2.10. The predicted octanol–water partition coefficient (Wildman–Crippen LogP) is 0.431. The van der Waals surface area contributed by atoms with Crippen LogP contribution in [-0.2, 0) is 9.47 Å². The van der Waals surface area contributed by atoms with Crippen molar-refractivity contribution in [2.75, 3.05) is 53.6 Å². The van der Waals surface area contributed by atoms with Gasteiger partial charge in [-0.15, -0.1) is 0 Å². The van der Waals surface area contributed by atoms with Gasteiger partial charge < -0.3 is 9.47 Å². The van der Waals surface area contributed by atoms with E-state index in [0.29, 0.717) is 12.1 Å². The van der Waals surface area contributed by atoms with Crippen LogP contribution in [0.3, 0.4) is 0 Å². The lowest BCUT2D eigenvalue weighted by Crippen LogP contribution is -2.33. The Bertz CT molecular complexity index is 271. The lowest BCUT2D eigenvalue weighted by atomic mass is 10.2. The zero-order valence-corrected chi connectivity index (χ0v) is 11.5. The molecule has 0 amide bonds. The van der Waals surface area contributed by atoms with Crippen LogP contribution in [0.5, 0.6) is 0 Å². The molecule has 0 spiro atoms. The highest BCUT2D eigenvalue weighted by Gasteiger charge is 2.20. The zero-order chi connectivity index (χ0) is 12.8. The Hall–Kier alpha value is -0.600. The van der Waals surface area contributed by atoms with Gasteiger partial charge in [0.25, 0.3) is 0 Å². The lowest BCUT2D eigenvalue weighted by Gasteiger charge is -2.20. The Kier molecular flexibility index (Phi) is 5.45. The molecule has 2 saturated heterocycles. The number of hydrogen-bond acceptors (Lipinski definition) is 4. The molecule has 2 atom stereocenters. The molecule has 0 unspecified atom stereocenters. The molecule has 0 aromatic rings. The summed E-state index contributed by atoms with van der Waals surface area (Å²) in [5, 5.41) is 0. The number of hydrogen-bond donors (Lipinski definition) is 0. The minimum absolute atomic E-state index is 0.556. The third-order valence-electron chi connectivity index (χ3n) is 3.84. The Morgan fingerprint density at radius 2 is 1.33 bits per heavy atom. The lowest BCUT2D eigenvalue weighted by molar-refractivity contribution is 0.164. The minimum Gasteiger partial charge on any atom is -0.380 e. The average Bonchev–Trinajstić information content (AvgIpc) is 3.05. The summed E-state index contributed by atoms with van der Waals surface area (Å²) in [5.41, 5.74) is 0. The van der Waals surface area contributed by atoms with Crippen LogP contribution in [0.25, 0.3) is 0 Å². The van der Waals surface area contributed by atoms with Gasteiger partial charge in [-0.1, -0.05) is 11.8 Å². The summed E-state index contributed by atoms with van der Waals surface area (Å²) in [6.45, 7) is 5.18. The summed E-state index contributed by atoms with van der Waals surface area (Å²) < 4.78 is 10.8. The van der Waals surface area contributed by atoms with Crippen LogP contribution in [0.4, 0.5) is 0 Å². The molecule has 0 radical (unpaired) electrons. The van der Waals surface area contributed by atoms with Gasteiger partial charge in [-0.3, -0.25) is 9.80 Å². The molecule has 2 heterocycles. The van der Waals surface area contributed by atoms with Gasteiger partial charge in [-0.2, -0.15) is 0 Å². The second-order valence-electron chi connectivity index (χ2n) is 5.22. The van der Waals surface area contributed by atoms with Crippen molar-refractivity contribution in [2.45, 2.75) is 24.9 Å². The van der Waals surface area contributed by atoms with Crippen molar-refractivity contribution in [3.8, 4) is 11.8 Å². The Morgan fingerprint density at radius 1 is 0.889 bits per heavy atom. The summed E-state index contributed by atoms with van der Waals surface area (Å²) >= 11 is 0. The molecular weight excluding hydrogens is 228 g/mol. The standard InChI is InChI=1S/C14H24N2O2/c1-15(13-5-9-17-11-13)7-3-4-8-16(2)14-6-10-18-12-14/h13-14H,5-12H2,1-2H3/t13-,14-/m1/s1. The van der Waals surface area contributed by atoms with Gasteiger partial charge in [0.1, 0.15) is 0 Å². The highest BCUT2D eigenvalue weighted by atomic mass is 16.5. The minimum atomic E-state index is 0.556. The fourth-order valence-electron chi connectivity index (χ4n) is 2.36. The van der Waals surface area contributed by atoms with E-state index in [9.17, 15) is 0 Å². The first-order valence-electron chi connectivity index (χ1n) is 6.79. The van der Waals surface area contributed by atoms with Crippen molar-refractivity contribution in [2.24, 2.45) is 0 Å². The van der Waals surface area contributed by atoms with Crippen LogP contribution >= 0.6 is 0 Å². The molecule has 0 bridgehead atoms. The zero-order valence-electron chi connectivity index (χ0n) is 11.5. The van der Waals surface area contributed by atoms with Crippen LogP contribution in [0.2, 0.25) is 0 Å². The second kappa shape index (κ2) is 7.10. The van der Waals surface area contributed by atoms with Crippen LogP contribution in [0.15, 0.2) is 0 Å². The van der Waals surface area contributed by atoms with Gasteiger partial charge in [-0.25, -0.2) is 0 Å². The molecule has 2 aliphatic heterocycles. The molecule has 2 rings (SSSR count). The summed E-state index contributed by atoms with van der Waals surface area (Å²) in [6.07, 6.45) is 2.27. The summed E-state index contributed by atoms with van der Waals surface area (Å²) in [5.74, 6) is 6.51. The molecule has 0 saturated carbocycles. The van der Waals surface area contributed by atoms with Crippen LogP contribution in [0.1, 0.15) is 12.8 Å². The Balaban J connectivity index is 1.65. The molecule has 0 aliphatic carbocycles. The number of ether oxygens (including phenoxy) is 2. The molecule has 4 nitrogen and oxygen atoms in total. The molecule has 2 fully saturated rings. The van der Waals surface area contributed by atoms with Crippen LogP contribution in [0, 0.1) is 11.8 Å². The fourth-order valence-corrected chi connectivity index (χ4v) is 2.36. The molecule has 0 aromatic carbocycles. The molecule has 4 heteroatoms. The Morgan fingerprint density at radius 3 is 1.67 bits per heavy atom. The van der Waals surface area contributed by atoms with Crippen molar-refractivity contribution in [1.29, 1.82) is 0 Å². The van der Waals surface area contributed by atoms with Gasteiger partial charge in [0.05, 0.1) is 26.3 Å². The van der Waals surface area contributed by atoms with E-state index in [2.05, 4.69) is 35.7 Å². The van der Waals surface area contributed by atoms with E-state index in [1.165, 1.54) is 0 Å². The molecule has 18 heavy (non-hydrogen) atoms. The quantitative estimate of drug-likeness (QED) is 0.678. The van der Waals surface area contributed by atoms with Crippen LogP contribution < -0.4 is 0 Å². The average molecular weight is 252 g/mol. The topological polar surface area (TPSA) is 24.9 Å². The summed E-state index contributed by atoms with van der Waals surface area (Å²) in [4.78, 5) is 4.58. The maximum Gasteiger partial charge on any atom is 0.0622 e. The van der Waals surface area contributed by atoms with Gasteiger partial charge in [-0.05, 0) is 26.9 Å². The van der Waals surface area contributed by atoms with E-state index in [0.717, 1.165) is 52.4 Å². The SMILES string of the molecule is CN(CC#CCN(C)[C@@H]1CCOC1)[C@@H]1CCOC1. The third-order valence-corrected chi connectivity index (χ3v) is 3.84. The van der Waals surface area contributed by atoms with E-state index in [-0.39, 0.29) is 0 Å². The normalized spacial score (nSPS) is 27.8. The smallest absolute Gasteiger partial charge is 0.0622 e. The van der Waals surface area contributed by atoms with E-state index < -0.39 is 0 Å². The van der Waals surface area contributed by atoms with Crippen molar-refractivity contribution in [3.05, 3.63) is 0 Å².